The maximum absolute atomic E-state index is 11.5. The first-order valence-electron chi connectivity index (χ1n) is 5.31. The minimum Gasteiger partial charge on any atom is -0.383 e. The topological polar surface area (TPSA) is 38.3 Å². The van der Waals surface area contributed by atoms with Crippen molar-refractivity contribution in [1.82, 2.24) is 5.32 Å². The van der Waals surface area contributed by atoms with Gasteiger partial charge in [0.15, 0.2) is 0 Å². The minimum atomic E-state index is -0.698. The molecule has 0 spiro atoms. The van der Waals surface area contributed by atoms with Gasteiger partial charge >= 0.3 is 0 Å². The van der Waals surface area contributed by atoms with Crippen molar-refractivity contribution in [2.75, 3.05) is 31.8 Å². The van der Waals surface area contributed by atoms with Gasteiger partial charge in [0.25, 0.3) is 0 Å². The number of hydrogen-bond donors (Lipinski definition) is 1. The average molecular weight is 221 g/mol. The van der Waals surface area contributed by atoms with Crippen LogP contribution < -0.4 is 5.32 Å². The summed E-state index contributed by atoms with van der Waals surface area (Å²) in [6, 6.07) is 0.243. The van der Waals surface area contributed by atoms with Gasteiger partial charge in [0.2, 0.25) is 0 Å². The monoisotopic (exact) mass is 221 g/mol. The van der Waals surface area contributed by atoms with E-state index in [-0.39, 0.29) is 6.04 Å². The SMILES string of the molecule is CCCNC(COC)CS(=O)CCC. The second-order valence-electron chi connectivity index (χ2n) is 3.42. The third-order valence-corrected chi connectivity index (χ3v) is 3.51. The highest BCUT2D eigenvalue weighted by Crippen LogP contribution is 1.94. The van der Waals surface area contributed by atoms with E-state index in [4.69, 9.17) is 4.74 Å². The Balaban J connectivity index is 3.75. The van der Waals surface area contributed by atoms with E-state index in [9.17, 15) is 4.21 Å². The molecule has 2 unspecified atom stereocenters. The Morgan fingerprint density at radius 3 is 2.57 bits per heavy atom. The first-order valence-corrected chi connectivity index (χ1v) is 6.80. The van der Waals surface area contributed by atoms with Gasteiger partial charge in [-0.25, -0.2) is 0 Å². The van der Waals surface area contributed by atoms with Crippen LogP contribution in [0.15, 0.2) is 0 Å². The van der Waals surface area contributed by atoms with Crippen LogP contribution in [0, 0.1) is 0 Å². The van der Waals surface area contributed by atoms with Crippen LogP contribution in [-0.4, -0.2) is 42.0 Å². The number of hydrogen-bond acceptors (Lipinski definition) is 3. The highest BCUT2D eigenvalue weighted by Gasteiger charge is 2.10. The van der Waals surface area contributed by atoms with Crippen LogP contribution >= 0.6 is 0 Å². The molecule has 0 aromatic carbocycles. The number of nitrogens with one attached hydrogen (secondary N) is 1. The zero-order chi connectivity index (χ0) is 10.8. The molecule has 14 heavy (non-hydrogen) atoms. The smallest absolute Gasteiger partial charge is 0.0624 e. The highest BCUT2D eigenvalue weighted by atomic mass is 32.2. The summed E-state index contributed by atoms with van der Waals surface area (Å²) in [7, 11) is 0.986. The molecule has 0 aliphatic carbocycles. The van der Waals surface area contributed by atoms with E-state index in [0.29, 0.717) is 12.4 Å². The summed E-state index contributed by atoms with van der Waals surface area (Å²) < 4.78 is 16.6. The van der Waals surface area contributed by atoms with Crippen molar-refractivity contribution in [3.05, 3.63) is 0 Å². The number of ether oxygens (including phenoxy) is 1. The molecule has 0 radical (unpaired) electrons. The van der Waals surface area contributed by atoms with Crippen LogP contribution in [0.25, 0.3) is 0 Å². The first-order chi connectivity index (χ1) is 6.74. The van der Waals surface area contributed by atoms with Crippen LogP contribution in [0.1, 0.15) is 26.7 Å². The fraction of sp³-hybridized carbons (Fsp3) is 1.00. The van der Waals surface area contributed by atoms with E-state index in [2.05, 4.69) is 19.2 Å². The van der Waals surface area contributed by atoms with E-state index in [1.54, 1.807) is 7.11 Å². The zero-order valence-electron chi connectivity index (χ0n) is 9.54. The number of rotatable bonds is 9. The molecule has 1 N–H and O–H groups in total. The van der Waals surface area contributed by atoms with Crippen LogP contribution in [0.5, 0.6) is 0 Å². The summed E-state index contributed by atoms with van der Waals surface area (Å²) in [5.41, 5.74) is 0. The van der Waals surface area contributed by atoms with Gasteiger partial charge < -0.3 is 10.1 Å². The largest absolute Gasteiger partial charge is 0.383 e. The maximum atomic E-state index is 11.5. The van der Waals surface area contributed by atoms with Gasteiger partial charge in [0.05, 0.1) is 6.61 Å². The molecule has 86 valence electrons. The Kier molecular flexibility index (Phi) is 9.67. The van der Waals surface area contributed by atoms with E-state index in [0.717, 1.165) is 25.1 Å². The molecular formula is C10H23NO2S. The lowest BCUT2D eigenvalue weighted by Gasteiger charge is -2.16. The quantitative estimate of drug-likeness (QED) is 0.635. The van der Waals surface area contributed by atoms with E-state index in [1.807, 2.05) is 0 Å². The highest BCUT2D eigenvalue weighted by molar-refractivity contribution is 7.85. The second kappa shape index (κ2) is 9.62. The molecule has 0 aromatic heterocycles. The fourth-order valence-electron chi connectivity index (χ4n) is 1.25. The summed E-state index contributed by atoms with van der Waals surface area (Å²) in [5.74, 6) is 1.51. The van der Waals surface area contributed by atoms with Gasteiger partial charge in [-0.2, -0.15) is 0 Å². The molecule has 2 atom stereocenters. The van der Waals surface area contributed by atoms with Crippen LogP contribution in [0.2, 0.25) is 0 Å². The number of methoxy groups -OCH3 is 1. The Labute approximate surface area is 90.1 Å². The lowest BCUT2D eigenvalue weighted by molar-refractivity contribution is 0.173. The van der Waals surface area contributed by atoms with Crippen molar-refractivity contribution in [2.45, 2.75) is 32.7 Å². The second-order valence-corrected chi connectivity index (χ2v) is 5.04. The lowest BCUT2D eigenvalue weighted by Crippen LogP contribution is -2.38. The molecule has 0 bridgehead atoms. The van der Waals surface area contributed by atoms with E-state index < -0.39 is 10.8 Å². The minimum absolute atomic E-state index is 0.243. The molecular weight excluding hydrogens is 198 g/mol. The fourth-order valence-corrected chi connectivity index (χ4v) is 2.54. The van der Waals surface area contributed by atoms with E-state index in [1.165, 1.54) is 0 Å². The lowest BCUT2D eigenvalue weighted by atomic mass is 10.3. The van der Waals surface area contributed by atoms with Crippen molar-refractivity contribution in [2.24, 2.45) is 0 Å². The summed E-state index contributed by atoms with van der Waals surface area (Å²) >= 11 is 0. The Morgan fingerprint density at radius 2 is 2.07 bits per heavy atom. The Morgan fingerprint density at radius 1 is 1.36 bits per heavy atom. The van der Waals surface area contributed by atoms with Crippen LogP contribution in [-0.2, 0) is 15.5 Å². The molecule has 0 aromatic rings. The van der Waals surface area contributed by atoms with Gasteiger partial charge in [-0.15, -0.1) is 0 Å². The van der Waals surface area contributed by atoms with Gasteiger partial charge in [0.1, 0.15) is 0 Å². The van der Waals surface area contributed by atoms with Crippen molar-refractivity contribution in [3.8, 4) is 0 Å². The van der Waals surface area contributed by atoms with Gasteiger partial charge in [0, 0.05) is 35.5 Å². The summed E-state index contributed by atoms with van der Waals surface area (Å²) in [4.78, 5) is 0. The molecule has 0 rings (SSSR count). The van der Waals surface area contributed by atoms with E-state index >= 15 is 0 Å². The molecule has 4 heteroatoms. The molecule has 0 saturated carbocycles. The van der Waals surface area contributed by atoms with Crippen LogP contribution in [0.4, 0.5) is 0 Å². The van der Waals surface area contributed by atoms with Crippen molar-refractivity contribution < 1.29 is 8.95 Å². The molecule has 0 amide bonds. The molecule has 0 aliphatic heterocycles. The standard InChI is InChI=1S/C10H23NO2S/c1-4-6-11-10(8-13-3)9-14(12)7-5-2/h10-11H,4-9H2,1-3H3. The predicted octanol–water partition coefficient (Wildman–Crippen LogP) is 1.16. The van der Waals surface area contributed by atoms with Crippen molar-refractivity contribution in [3.63, 3.8) is 0 Å². The molecule has 0 saturated heterocycles. The molecule has 0 fully saturated rings. The summed E-state index contributed by atoms with van der Waals surface area (Å²) in [6.45, 7) is 5.80. The molecule has 3 nitrogen and oxygen atoms in total. The first kappa shape index (κ1) is 14.1. The third-order valence-electron chi connectivity index (χ3n) is 1.87. The summed E-state index contributed by atoms with van der Waals surface area (Å²) in [6.07, 6.45) is 2.08. The molecule has 0 heterocycles. The third kappa shape index (κ3) is 7.47. The average Bonchev–Trinajstić information content (AvgIpc) is 2.15. The van der Waals surface area contributed by atoms with Gasteiger partial charge in [-0.3, -0.25) is 4.21 Å². The van der Waals surface area contributed by atoms with Crippen molar-refractivity contribution in [1.29, 1.82) is 0 Å². The van der Waals surface area contributed by atoms with Gasteiger partial charge in [-0.05, 0) is 19.4 Å². The Bertz CT molecular complexity index is 153. The van der Waals surface area contributed by atoms with Crippen molar-refractivity contribution >= 4 is 10.8 Å². The van der Waals surface area contributed by atoms with Crippen LogP contribution in [0.3, 0.4) is 0 Å². The zero-order valence-corrected chi connectivity index (χ0v) is 10.4. The Hall–Kier alpha value is 0.0700. The van der Waals surface area contributed by atoms with Gasteiger partial charge in [-0.1, -0.05) is 13.8 Å². The normalized spacial score (nSPS) is 15.4. The maximum Gasteiger partial charge on any atom is 0.0624 e. The summed E-state index contributed by atoms with van der Waals surface area (Å²) in [5, 5.41) is 3.34. The predicted molar refractivity (Wildman–Crippen MR) is 62.1 cm³/mol. The molecule has 0 aliphatic rings.